The number of hydrogen-bond acceptors (Lipinski definition) is 5. The minimum absolute atomic E-state index is 0.0605. The highest BCUT2D eigenvalue weighted by molar-refractivity contribution is 5.83. The maximum Gasteiger partial charge on any atom is 0.161 e. The predicted octanol–water partition coefficient (Wildman–Crippen LogP) is 1.04. The van der Waals surface area contributed by atoms with Crippen LogP contribution in [-0.4, -0.2) is 41.3 Å². The quantitative estimate of drug-likeness (QED) is 0.722. The molecule has 2 fully saturated rings. The minimum Gasteiger partial charge on any atom is -0.504 e. The molecule has 0 amide bonds. The van der Waals surface area contributed by atoms with Crippen LogP contribution in [0.15, 0.2) is 12.1 Å². The van der Waals surface area contributed by atoms with Crippen molar-refractivity contribution in [2.45, 2.75) is 49.2 Å². The lowest BCUT2D eigenvalue weighted by atomic mass is 9.49. The van der Waals surface area contributed by atoms with Gasteiger partial charge in [0.05, 0.1) is 12.7 Å². The Morgan fingerprint density at radius 1 is 1.36 bits per heavy atom. The van der Waals surface area contributed by atoms with Crippen LogP contribution in [0.1, 0.15) is 36.8 Å². The van der Waals surface area contributed by atoms with E-state index in [2.05, 4.69) is 5.32 Å². The summed E-state index contributed by atoms with van der Waals surface area (Å²) in [7, 11) is 1.52. The second kappa shape index (κ2) is 4.46. The Morgan fingerprint density at radius 2 is 2.18 bits per heavy atom. The van der Waals surface area contributed by atoms with Gasteiger partial charge < -0.3 is 20.3 Å². The van der Waals surface area contributed by atoms with Crippen LogP contribution in [0.25, 0.3) is 0 Å². The number of aromatic hydroxyl groups is 1. The zero-order valence-electron chi connectivity index (χ0n) is 12.7. The van der Waals surface area contributed by atoms with E-state index >= 15 is 0 Å². The number of ketones is 1. The molecule has 5 heteroatoms. The molecule has 22 heavy (non-hydrogen) atoms. The average molecular weight is 303 g/mol. The first-order chi connectivity index (χ1) is 10.5. The van der Waals surface area contributed by atoms with Gasteiger partial charge in [0.15, 0.2) is 11.5 Å². The molecule has 3 N–H and O–H groups in total. The Bertz CT molecular complexity index is 658. The lowest BCUT2D eigenvalue weighted by Gasteiger charge is -2.60. The van der Waals surface area contributed by atoms with E-state index in [0.717, 1.165) is 17.7 Å². The second-order valence-corrected chi connectivity index (χ2v) is 6.83. The predicted molar refractivity (Wildman–Crippen MR) is 80.3 cm³/mol. The van der Waals surface area contributed by atoms with Crippen LogP contribution in [0.5, 0.6) is 11.5 Å². The molecule has 2 bridgehead atoms. The highest BCUT2D eigenvalue weighted by Crippen LogP contribution is 2.58. The van der Waals surface area contributed by atoms with Crippen molar-refractivity contribution in [3.8, 4) is 11.5 Å². The third-order valence-corrected chi connectivity index (χ3v) is 5.98. The van der Waals surface area contributed by atoms with Crippen LogP contribution in [0, 0.1) is 0 Å². The summed E-state index contributed by atoms with van der Waals surface area (Å²) in [6.07, 6.45) is 2.49. The molecule has 2 aliphatic carbocycles. The van der Waals surface area contributed by atoms with Crippen LogP contribution in [0.4, 0.5) is 0 Å². The molecule has 1 heterocycles. The number of Topliss-reactive ketones (excluding diaryl/α,β-unsaturated/α-hetero) is 1. The molecule has 4 rings (SSSR count). The summed E-state index contributed by atoms with van der Waals surface area (Å²) in [6.45, 7) is 0.746. The van der Waals surface area contributed by atoms with E-state index in [1.807, 2.05) is 6.07 Å². The summed E-state index contributed by atoms with van der Waals surface area (Å²) in [5.74, 6) is 0.666. The van der Waals surface area contributed by atoms with Crippen molar-refractivity contribution in [3.05, 3.63) is 23.3 Å². The van der Waals surface area contributed by atoms with Crippen LogP contribution >= 0.6 is 0 Å². The molecule has 1 saturated carbocycles. The molecule has 3 atom stereocenters. The van der Waals surface area contributed by atoms with Crippen LogP contribution < -0.4 is 10.1 Å². The Hall–Kier alpha value is -1.59. The molecule has 0 radical (unpaired) electrons. The van der Waals surface area contributed by atoms with Gasteiger partial charge in [0.1, 0.15) is 5.78 Å². The van der Waals surface area contributed by atoms with Crippen molar-refractivity contribution in [2.24, 2.45) is 0 Å². The van der Waals surface area contributed by atoms with Gasteiger partial charge in [-0.15, -0.1) is 0 Å². The fraction of sp³-hybridized carbons (Fsp3) is 0.588. The monoisotopic (exact) mass is 303 g/mol. The van der Waals surface area contributed by atoms with Gasteiger partial charge in [-0.1, -0.05) is 6.07 Å². The molecule has 0 spiro atoms. The van der Waals surface area contributed by atoms with Gasteiger partial charge in [-0.05, 0) is 37.4 Å². The van der Waals surface area contributed by atoms with E-state index in [4.69, 9.17) is 4.74 Å². The molecule has 1 aromatic rings. The number of nitrogens with one attached hydrogen (secondary N) is 1. The Morgan fingerprint density at radius 3 is 2.95 bits per heavy atom. The first kappa shape index (κ1) is 14.0. The minimum atomic E-state index is -0.976. The largest absolute Gasteiger partial charge is 0.504 e. The fourth-order valence-electron chi connectivity index (χ4n) is 4.96. The summed E-state index contributed by atoms with van der Waals surface area (Å²) in [4.78, 5) is 12.2. The van der Waals surface area contributed by atoms with Crippen molar-refractivity contribution in [1.29, 1.82) is 0 Å². The molecule has 1 saturated heterocycles. The third-order valence-electron chi connectivity index (χ3n) is 5.98. The second-order valence-electron chi connectivity index (χ2n) is 6.83. The topological polar surface area (TPSA) is 78.8 Å². The Kier molecular flexibility index (Phi) is 2.84. The molecule has 5 nitrogen and oxygen atoms in total. The van der Waals surface area contributed by atoms with Crippen molar-refractivity contribution in [3.63, 3.8) is 0 Å². The van der Waals surface area contributed by atoms with Crippen LogP contribution in [0.2, 0.25) is 0 Å². The highest BCUT2D eigenvalue weighted by atomic mass is 16.5. The van der Waals surface area contributed by atoms with Crippen molar-refractivity contribution < 1.29 is 19.7 Å². The zero-order valence-corrected chi connectivity index (χ0v) is 12.7. The number of phenols is 1. The lowest BCUT2D eigenvalue weighted by Crippen LogP contribution is -2.72. The number of phenolic OH excluding ortho intramolecular Hbond substituents is 1. The van der Waals surface area contributed by atoms with Gasteiger partial charge in [-0.25, -0.2) is 0 Å². The smallest absolute Gasteiger partial charge is 0.161 e. The number of aliphatic hydroxyl groups is 1. The van der Waals surface area contributed by atoms with Crippen molar-refractivity contribution in [2.75, 3.05) is 13.7 Å². The Balaban J connectivity index is 2.00. The van der Waals surface area contributed by atoms with E-state index in [9.17, 15) is 15.0 Å². The van der Waals surface area contributed by atoms with Gasteiger partial charge in [0, 0.05) is 29.9 Å². The van der Waals surface area contributed by atoms with E-state index in [1.54, 1.807) is 6.07 Å². The van der Waals surface area contributed by atoms with Gasteiger partial charge in [-0.2, -0.15) is 0 Å². The van der Waals surface area contributed by atoms with Gasteiger partial charge in [-0.3, -0.25) is 4.79 Å². The first-order valence-electron chi connectivity index (χ1n) is 7.88. The molecule has 3 unspecified atom stereocenters. The zero-order chi connectivity index (χ0) is 15.5. The number of carbonyl (C=O) groups is 1. The average Bonchev–Trinajstić information content (AvgIpc) is 2.47. The van der Waals surface area contributed by atoms with Crippen molar-refractivity contribution in [1.82, 2.24) is 5.32 Å². The number of benzene rings is 1. The van der Waals surface area contributed by atoms with Crippen LogP contribution in [0.3, 0.4) is 0 Å². The van der Waals surface area contributed by atoms with Gasteiger partial charge >= 0.3 is 0 Å². The van der Waals surface area contributed by atoms with Crippen molar-refractivity contribution >= 4 is 5.78 Å². The standard InChI is InChI=1S/C17H21NO4/c1-22-12-3-2-10-8-13-17(21)5-4-11(19)9-16(17,6-7-18-13)14(10)15(12)20/h2-3,13,18,20-21H,4-9H2,1H3. The maximum absolute atomic E-state index is 12.2. The summed E-state index contributed by atoms with van der Waals surface area (Å²) in [6, 6.07) is 3.65. The molecule has 1 aliphatic heterocycles. The molecule has 118 valence electrons. The molecular weight excluding hydrogens is 282 g/mol. The third kappa shape index (κ3) is 1.53. The number of piperidine rings is 1. The SMILES string of the molecule is COc1ccc2c(c1O)C13CCNC(C2)C1(O)CCC(=O)C3. The number of fused-ring (bicyclic) bond motifs is 1. The normalized spacial score (nSPS) is 36.5. The Labute approximate surface area is 129 Å². The number of hydrogen-bond donors (Lipinski definition) is 3. The molecule has 0 aromatic heterocycles. The van der Waals surface area contributed by atoms with E-state index in [-0.39, 0.29) is 17.6 Å². The summed E-state index contributed by atoms with van der Waals surface area (Å²) in [5.41, 5.74) is 0.0792. The first-order valence-corrected chi connectivity index (χ1v) is 7.88. The molecule has 1 aromatic carbocycles. The molecule has 3 aliphatic rings. The summed E-state index contributed by atoms with van der Waals surface area (Å²) < 4.78 is 5.25. The number of rotatable bonds is 1. The summed E-state index contributed by atoms with van der Waals surface area (Å²) in [5, 5.41) is 25.6. The highest BCUT2D eigenvalue weighted by Gasteiger charge is 2.63. The number of methoxy groups -OCH3 is 1. The number of ether oxygens (including phenoxy) is 1. The molecular formula is C17H21NO4. The fourth-order valence-corrected chi connectivity index (χ4v) is 4.96. The van der Waals surface area contributed by atoms with Gasteiger partial charge in [0.25, 0.3) is 0 Å². The van der Waals surface area contributed by atoms with Gasteiger partial charge in [0.2, 0.25) is 0 Å². The van der Waals surface area contributed by atoms with Crippen LogP contribution in [-0.2, 0) is 16.6 Å². The number of carbonyl (C=O) groups excluding carboxylic acids is 1. The maximum atomic E-state index is 12.2. The van der Waals surface area contributed by atoms with E-state index in [1.165, 1.54) is 7.11 Å². The van der Waals surface area contributed by atoms with E-state index < -0.39 is 11.0 Å². The lowest BCUT2D eigenvalue weighted by molar-refractivity contribution is -0.149. The van der Waals surface area contributed by atoms with E-state index in [0.29, 0.717) is 37.9 Å². The summed E-state index contributed by atoms with van der Waals surface area (Å²) >= 11 is 0.